The van der Waals surface area contributed by atoms with Crippen LogP contribution in [0.2, 0.25) is 0 Å². The Morgan fingerprint density at radius 1 is 0.913 bits per heavy atom. The number of nitrogens with one attached hydrogen (secondary N) is 1. The number of ether oxygens (including phenoxy) is 1. The summed E-state index contributed by atoms with van der Waals surface area (Å²) in [6.45, 7) is -0.0330. The number of hydrogen-bond donors (Lipinski definition) is 1. The highest BCUT2D eigenvalue weighted by Crippen LogP contribution is 2.33. The van der Waals surface area contributed by atoms with Crippen molar-refractivity contribution in [3.05, 3.63) is 90.6 Å². The Bertz CT molecular complexity index is 2020. The molecule has 0 unspecified atom stereocenters. The lowest BCUT2D eigenvalue weighted by atomic mass is 10.0. The van der Waals surface area contributed by atoms with Crippen LogP contribution in [0.5, 0.6) is 5.75 Å². The summed E-state index contributed by atoms with van der Waals surface area (Å²) in [6.07, 6.45) is -5.86. The van der Waals surface area contributed by atoms with Crippen molar-refractivity contribution in [3.63, 3.8) is 0 Å². The van der Waals surface area contributed by atoms with Crippen LogP contribution >= 0.6 is 0 Å². The maximum atomic E-state index is 12.7. The molecule has 3 aromatic carbocycles. The van der Waals surface area contributed by atoms with Gasteiger partial charge >= 0.3 is 12.5 Å². The van der Waals surface area contributed by atoms with E-state index in [0.717, 1.165) is 18.4 Å². The predicted molar refractivity (Wildman–Crippen MR) is 152 cm³/mol. The minimum Gasteiger partial charge on any atom is -0.406 e. The van der Waals surface area contributed by atoms with Gasteiger partial charge in [-0.05, 0) is 66.6 Å². The van der Waals surface area contributed by atoms with E-state index in [0.29, 0.717) is 33.8 Å². The van der Waals surface area contributed by atoms with E-state index >= 15 is 0 Å². The quantitative estimate of drug-likeness (QED) is 0.212. The SMILES string of the molecule is Cc1nc(C(=O)NCC(F)(F)F)cn1-c1ccc(-c2cccc(S(C)(=O)=O)c2)cc1-n1nncc1-c1ccc(OC(F)(F)F)cc1. The van der Waals surface area contributed by atoms with Crippen molar-refractivity contribution >= 4 is 15.7 Å². The average molecular weight is 665 g/mol. The molecule has 0 aliphatic rings. The van der Waals surface area contributed by atoms with Crippen LogP contribution in [-0.4, -0.2) is 64.2 Å². The number of carbonyl (C=O) groups is 1. The van der Waals surface area contributed by atoms with Gasteiger partial charge in [-0.2, -0.15) is 13.2 Å². The van der Waals surface area contributed by atoms with E-state index in [1.807, 2.05) is 0 Å². The van der Waals surface area contributed by atoms with Crippen LogP contribution in [0.1, 0.15) is 16.3 Å². The third-order valence-corrected chi connectivity index (χ3v) is 7.67. The molecule has 2 aromatic heterocycles. The van der Waals surface area contributed by atoms with Gasteiger partial charge in [-0.15, -0.1) is 18.3 Å². The smallest absolute Gasteiger partial charge is 0.406 e. The molecule has 46 heavy (non-hydrogen) atoms. The summed E-state index contributed by atoms with van der Waals surface area (Å²) in [6, 6.07) is 16.0. The van der Waals surface area contributed by atoms with Crippen molar-refractivity contribution in [1.82, 2.24) is 29.9 Å². The zero-order valence-corrected chi connectivity index (χ0v) is 24.6. The molecule has 0 radical (unpaired) electrons. The number of halogens is 6. The van der Waals surface area contributed by atoms with Crippen molar-refractivity contribution in [2.24, 2.45) is 0 Å². The zero-order valence-electron chi connectivity index (χ0n) is 23.8. The Kier molecular flexibility index (Phi) is 8.37. The molecule has 240 valence electrons. The highest BCUT2D eigenvalue weighted by Gasteiger charge is 2.31. The first-order valence-electron chi connectivity index (χ1n) is 13.1. The Labute approximate surface area is 257 Å². The summed E-state index contributed by atoms with van der Waals surface area (Å²) in [5, 5.41) is 9.92. The summed E-state index contributed by atoms with van der Waals surface area (Å²) in [5.74, 6) is -1.29. The lowest BCUT2D eigenvalue weighted by molar-refractivity contribution is -0.274. The predicted octanol–water partition coefficient (Wildman–Crippen LogP) is 5.69. The third-order valence-electron chi connectivity index (χ3n) is 6.56. The molecule has 5 rings (SSSR count). The first-order chi connectivity index (χ1) is 21.5. The molecule has 2 heterocycles. The molecule has 1 amide bonds. The molecule has 0 atom stereocenters. The monoisotopic (exact) mass is 664 g/mol. The van der Waals surface area contributed by atoms with Crippen molar-refractivity contribution in [2.45, 2.75) is 24.4 Å². The van der Waals surface area contributed by atoms with Crippen molar-refractivity contribution in [1.29, 1.82) is 0 Å². The van der Waals surface area contributed by atoms with E-state index in [9.17, 15) is 39.6 Å². The molecule has 10 nitrogen and oxygen atoms in total. The van der Waals surface area contributed by atoms with Gasteiger partial charge in [0.2, 0.25) is 0 Å². The lowest BCUT2D eigenvalue weighted by Crippen LogP contribution is -2.33. The van der Waals surface area contributed by atoms with Gasteiger partial charge in [0.05, 0.1) is 28.2 Å². The van der Waals surface area contributed by atoms with Crippen LogP contribution in [0, 0.1) is 6.92 Å². The molecule has 0 aliphatic carbocycles. The van der Waals surface area contributed by atoms with Crippen LogP contribution in [-0.2, 0) is 9.84 Å². The van der Waals surface area contributed by atoms with Gasteiger partial charge < -0.3 is 14.6 Å². The summed E-state index contributed by atoms with van der Waals surface area (Å²) < 4.78 is 107. The van der Waals surface area contributed by atoms with Gasteiger partial charge in [-0.25, -0.2) is 18.1 Å². The molecule has 5 aromatic rings. The fraction of sp³-hybridized carbons (Fsp3) is 0.172. The third kappa shape index (κ3) is 7.36. The molecular weight excluding hydrogens is 642 g/mol. The molecule has 0 saturated carbocycles. The minimum absolute atomic E-state index is 0.0678. The van der Waals surface area contributed by atoms with Crippen LogP contribution in [0.3, 0.4) is 0 Å². The maximum Gasteiger partial charge on any atom is 0.573 e. The van der Waals surface area contributed by atoms with E-state index in [1.165, 1.54) is 52.8 Å². The Balaban J connectivity index is 1.64. The molecular formula is C29H22F6N6O4S. The maximum absolute atomic E-state index is 12.7. The fourth-order valence-electron chi connectivity index (χ4n) is 4.52. The van der Waals surface area contributed by atoms with Gasteiger partial charge in [0.25, 0.3) is 5.91 Å². The molecule has 0 aliphatic heterocycles. The molecule has 0 bridgehead atoms. The number of benzene rings is 3. The summed E-state index contributed by atoms with van der Waals surface area (Å²) in [4.78, 5) is 16.6. The van der Waals surface area contributed by atoms with Crippen LogP contribution in [0.4, 0.5) is 26.3 Å². The number of imidazole rings is 1. The average Bonchev–Trinajstić information content (AvgIpc) is 3.61. The Morgan fingerprint density at radius 3 is 2.24 bits per heavy atom. The number of aromatic nitrogens is 5. The van der Waals surface area contributed by atoms with Gasteiger partial charge in [-0.3, -0.25) is 4.79 Å². The number of alkyl halides is 6. The van der Waals surface area contributed by atoms with E-state index in [1.54, 1.807) is 35.6 Å². The van der Waals surface area contributed by atoms with Gasteiger partial charge in [0.1, 0.15) is 23.8 Å². The van der Waals surface area contributed by atoms with Gasteiger partial charge in [0.15, 0.2) is 9.84 Å². The summed E-state index contributed by atoms with van der Waals surface area (Å²) >= 11 is 0. The largest absolute Gasteiger partial charge is 0.573 e. The highest BCUT2D eigenvalue weighted by atomic mass is 32.2. The zero-order chi connectivity index (χ0) is 33.4. The van der Waals surface area contributed by atoms with Crippen LogP contribution in [0.15, 0.2) is 84.0 Å². The molecule has 1 N–H and O–H groups in total. The van der Waals surface area contributed by atoms with Gasteiger partial charge in [0, 0.05) is 18.0 Å². The fourth-order valence-corrected chi connectivity index (χ4v) is 5.18. The number of nitrogens with zero attached hydrogens (tertiary/aromatic N) is 5. The van der Waals surface area contributed by atoms with E-state index in [2.05, 4.69) is 20.0 Å². The number of rotatable bonds is 8. The van der Waals surface area contributed by atoms with Crippen LogP contribution in [0.25, 0.3) is 33.8 Å². The standard InChI is InChI=1S/C29H22F6N6O4S/c1-17-38-23(27(42)36-16-28(30,31)32)15-40(17)24-11-8-20(19-4-3-5-22(12-19)46(2,43)44)13-25(24)41-26(14-37-39-41)18-6-9-21(10-7-18)45-29(33,34)35/h3-15H,16H2,1-2H3,(H,36,42). The normalized spacial score (nSPS) is 12.3. The van der Waals surface area contributed by atoms with E-state index in [-0.39, 0.29) is 16.4 Å². The Morgan fingerprint density at radius 2 is 1.59 bits per heavy atom. The van der Waals surface area contributed by atoms with Crippen molar-refractivity contribution in [2.75, 3.05) is 12.8 Å². The summed E-state index contributed by atoms with van der Waals surface area (Å²) in [7, 11) is -3.55. The topological polar surface area (TPSA) is 121 Å². The van der Waals surface area contributed by atoms with E-state index < -0.39 is 40.6 Å². The Hall–Kier alpha value is -5.19. The van der Waals surface area contributed by atoms with Crippen molar-refractivity contribution in [3.8, 4) is 39.5 Å². The van der Waals surface area contributed by atoms with E-state index in [4.69, 9.17) is 0 Å². The number of aryl methyl sites for hydroxylation is 1. The highest BCUT2D eigenvalue weighted by molar-refractivity contribution is 7.90. The number of amides is 1. The molecule has 0 fully saturated rings. The number of sulfone groups is 1. The molecule has 17 heteroatoms. The second kappa shape index (κ2) is 12.0. The number of carbonyl (C=O) groups excluding carboxylic acids is 1. The molecule has 0 spiro atoms. The second-order valence-electron chi connectivity index (χ2n) is 9.95. The van der Waals surface area contributed by atoms with Gasteiger partial charge in [-0.1, -0.05) is 23.4 Å². The summed E-state index contributed by atoms with van der Waals surface area (Å²) in [5.41, 5.74) is 2.10. The lowest BCUT2D eigenvalue weighted by Gasteiger charge is -2.16. The first-order valence-corrected chi connectivity index (χ1v) is 15.0. The van der Waals surface area contributed by atoms with Crippen molar-refractivity contribution < 1.29 is 44.3 Å². The first kappa shape index (κ1) is 32.2. The molecule has 0 saturated heterocycles. The second-order valence-corrected chi connectivity index (χ2v) is 12.0. The number of hydrogen-bond acceptors (Lipinski definition) is 7. The van der Waals surface area contributed by atoms with Crippen LogP contribution < -0.4 is 10.1 Å². The minimum atomic E-state index is -4.89.